The molecule has 1 aromatic heterocycles. The summed E-state index contributed by atoms with van der Waals surface area (Å²) >= 11 is 2.64. The zero-order valence-corrected chi connectivity index (χ0v) is 14.3. The summed E-state index contributed by atoms with van der Waals surface area (Å²) in [6, 6.07) is 0. The highest BCUT2D eigenvalue weighted by Crippen LogP contribution is 2.34. The van der Waals surface area contributed by atoms with Crippen molar-refractivity contribution in [2.24, 2.45) is 10.7 Å². The minimum atomic E-state index is -1.38. The first-order chi connectivity index (χ1) is 10.4. The highest BCUT2D eigenvalue weighted by molar-refractivity contribution is 8.06. The van der Waals surface area contributed by atoms with E-state index in [0.717, 1.165) is 22.3 Å². The van der Waals surface area contributed by atoms with Crippen molar-refractivity contribution in [3.63, 3.8) is 0 Å². The number of esters is 1. The fourth-order valence-corrected chi connectivity index (χ4v) is 3.53. The first-order valence-corrected chi connectivity index (χ1v) is 8.44. The van der Waals surface area contributed by atoms with Gasteiger partial charge in [0.1, 0.15) is 0 Å². The molecule has 2 N–H and O–H groups in total. The topological polar surface area (TPSA) is 85.6 Å². The quantitative estimate of drug-likeness (QED) is 0.493. The number of carbonyl (C=O) groups is 2. The number of rotatable bonds is 5. The average molecular weight is 340 g/mol. The normalized spacial score (nSPS) is 22.3. The molecule has 0 aliphatic carbocycles. The van der Waals surface area contributed by atoms with E-state index in [4.69, 9.17) is 10.5 Å². The number of Topliss-reactive ketones (excluding diaryl/α,β-unsaturated/α-hetero) is 1. The molecule has 1 aromatic rings. The van der Waals surface area contributed by atoms with Gasteiger partial charge < -0.3 is 4.74 Å². The van der Waals surface area contributed by atoms with E-state index in [0.29, 0.717) is 11.5 Å². The van der Waals surface area contributed by atoms with Gasteiger partial charge in [0, 0.05) is 24.1 Å². The van der Waals surface area contributed by atoms with Gasteiger partial charge in [0.2, 0.25) is 22.8 Å². The lowest BCUT2D eigenvalue weighted by molar-refractivity contribution is -0.685. The van der Waals surface area contributed by atoms with E-state index >= 15 is 0 Å². The highest BCUT2D eigenvalue weighted by Gasteiger charge is 2.41. The molecule has 2 rings (SSSR count). The number of carbonyl (C=O) groups excluding carboxylic acids is 2. The van der Waals surface area contributed by atoms with Crippen LogP contribution in [-0.2, 0) is 20.9 Å². The van der Waals surface area contributed by atoms with Crippen LogP contribution < -0.4 is 10.3 Å². The van der Waals surface area contributed by atoms with Crippen LogP contribution in [0.4, 0.5) is 0 Å². The summed E-state index contributed by atoms with van der Waals surface area (Å²) < 4.78 is 6.69. The first kappa shape index (κ1) is 16.9. The lowest BCUT2D eigenvalue weighted by Crippen LogP contribution is -2.50. The van der Waals surface area contributed by atoms with Crippen molar-refractivity contribution in [1.82, 2.24) is 0 Å². The molecule has 0 saturated carbocycles. The van der Waals surface area contributed by atoms with Gasteiger partial charge >= 0.3 is 5.97 Å². The second-order valence-corrected chi connectivity index (χ2v) is 7.13. The number of ketones is 1. The number of hydrogen-bond acceptors (Lipinski definition) is 7. The lowest BCUT2D eigenvalue weighted by atomic mass is 10.3. The van der Waals surface area contributed by atoms with Crippen molar-refractivity contribution in [3.8, 4) is 0 Å². The summed E-state index contributed by atoms with van der Waals surface area (Å²) in [5.41, 5.74) is 8.99. The number of aliphatic imine (C=N–C) groups is 1. The first-order valence-electron chi connectivity index (χ1n) is 6.74. The van der Waals surface area contributed by atoms with Gasteiger partial charge in [-0.15, -0.1) is 0 Å². The average Bonchev–Trinajstić information content (AvgIpc) is 2.98. The largest absolute Gasteiger partial charge is 0.463 e. The van der Waals surface area contributed by atoms with Gasteiger partial charge in [0.25, 0.3) is 0 Å². The molecule has 0 radical (unpaired) electrons. The Kier molecular flexibility index (Phi) is 5.15. The molecule has 118 valence electrons. The Morgan fingerprint density at radius 3 is 2.82 bits per heavy atom. The molecule has 0 fully saturated rings. The van der Waals surface area contributed by atoms with Crippen LogP contribution in [0.5, 0.6) is 0 Å². The molecule has 1 unspecified atom stereocenters. The van der Waals surface area contributed by atoms with E-state index in [1.807, 2.05) is 23.9 Å². The molecule has 1 atom stereocenters. The molecule has 0 bridgehead atoms. The third-order valence-electron chi connectivity index (χ3n) is 3.21. The fourth-order valence-electron chi connectivity index (χ4n) is 1.82. The SMILES string of the molecule is CCOC(=O)C=C1C=NC(N)(C(=O)C[n+]2csc(C)c2C)S1. The zero-order chi connectivity index (χ0) is 16.3. The number of nitrogens with two attached hydrogens (primary N) is 1. The Bertz CT molecular complexity index is 666. The molecule has 8 heteroatoms. The summed E-state index contributed by atoms with van der Waals surface area (Å²) in [6.07, 6.45) is 2.74. The van der Waals surface area contributed by atoms with Gasteiger partial charge in [-0.3, -0.25) is 15.5 Å². The number of aromatic nitrogens is 1. The molecular formula is C14H18N3O3S2+. The maximum Gasteiger partial charge on any atom is 0.331 e. The van der Waals surface area contributed by atoms with Crippen LogP contribution in [0.15, 0.2) is 21.5 Å². The fraction of sp³-hybridized carbons (Fsp3) is 0.429. The molecule has 1 aliphatic heterocycles. The van der Waals surface area contributed by atoms with Crippen molar-refractivity contribution < 1.29 is 18.9 Å². The Morgan fingerprint density at radius 1 is 1.50 bits per heavy atom. The second-order valence-electron chi connectivity index (χ2n) is 4.77. The summed E-state index contributed by atoms with van der Waals surface area (Å²) in [6.45, 7) is 6.14. The maximum atomic E-state index is 12.4. The van der Waals surface area contributed by atoms with Crippen molar-refractivity contribution in [2.75, 3.05) is 6.61 Å². The van der Waals surface area contributed by atoms with Gasteiger partial charge in [-0.05, 0) is 13.8 Å². The van der Waals surface area contributed by atoms with Crippen LogP contribution in [0.3, 0.4) is 0 Å². The third-order valence-corrected chi connectivity index (χ3v) is 5.33. The predicted octanol–water partition coefficient (Wildman–Crippen LogP) is 1.10. The van der Waals surface area contributed by atoms with Crippen molar-refractivity contribution >= 4 is 41.1 Å². The van der Waals surface area contributed by atoms with Crippen LogP contribution >= 0.6 is 23.1 Å². The number of thioether (sulfide) groups is 1. The minimum absolute atomic E-state index is 0.156. The van der Waals surface area contributed by atoms with Gasteiger partial charge in [-0.1, -0.05) is 23.1 Å². The number of aryl methyl sites for hydroxylation is 1. The smallest absolute Gasteiger partial charge is 0.331 e. The predicted molar refractivity (Wildman–Crippen MR) is 86.7 cm³/mol. The van der Waals surface area contributed by atoms with E-state index in [1.54, 1.807) is 18.3 Å². The van der Waals surface area contributed by atoms with Crippen LogP contribution in [-0.4, -0.2) is 29.6 Å². The van der Waals surface area contributed by atoms with Crippen LogP contribution in [0.1, 0.15) is 17.5 Å². The van der Waals surface area contributed by atoms with E-state index in [2.05, 4.69) is 4.99 Å². The number of nitrogens with zero attached hydrogens (tertiary/aromatic N) is 2. The molecule has 22 heavy (non-hydrogen) atoms. The molecular weight excluding hydrogens is 322 g/mol. The van der Waals surface area contributed by atoms with Crippen molar-refractivity contribution in [3.05, 3.63) is 27.1 Å². The third kappa shape index (κ3) is 3.63. The van der Waals surface area contributed by atoms with Gasteiger partial charge in [0.05, 0.1) is 11.5 Å². The monoisotopic (exact) mass is 340 g/mol. The minimum Gasteiger partial charge on any atom is -0.463 e. The second kappa shape index (κ2) is 6.72. The molecule has 2 heterocycles. The summed E-state index contributed by atoms with van der Waals surface area (Å²) in [7, 11) is 0. The lowest BCUT2D eigenvalue weighted by Gasteiger charge is -2.15. The van der Waals surface area contributed by atoms with Gasteiger partial charge in [-0.25, -0.2) is 4.79 Å². The Hall–Kier alpha value is -1.51. The molecule has 0 amide bonds. The number of allylic oxidation sites excluding steroid dienone is 1. The van der Waals surface area contributed by atoms with Crippen LogP contribution in [0, 0.1) is 13.8 Å². The Balaban J connectivity index is 2.06. The Morgan fingerprint density at radius 2 is 2.23 bits per heavy atom. The molecule has 0 aromatic carbocycles. The number of ether oxygens (including phenoxy) is 1. The summed E-state index contributed by atoms with van der Waals surface area (Å²) in [5.74, 6) is -0.682. The molecule has 1 aliphatic rings. The molecule has 0 spiro atoms. The summed E-state index contributed by atoms with van der Waals surface area (Å²) in [5, 5.41) is 0. The number of hydrogen-bond donors (Lipinski definition) is 1. The van der Waals surface area contributed by atoms with Gasteiger partial charge in [0.15, 0.2) is 5.69 Å². The van der Waals surface area contributed by atoms with Gasteiger partial charge in [-0.2, -0.15) is 4.57 Å². The van der Waals surface area contributed by atoms with Crippen LogP contribution in [0.25, 0.3) is 0 Å². The molecule has 0 saturated heterocycles. The van der Waals surface area contributed by atoms with E-state index < -0.39 is 11.0 Å². The summed E-state index contributed by atoms with van der Waals surface area (Å²) in [4.78, 5) is 28.2. The molecule has 6 nitrogen and oxygen atoms in total. The van der Waals surface area contributed by atoms with E-state index in [9.17, 15) is 9.59 Å². The van der Waals surface area contributed by atoms with Crippen molar-refractivity contribution in [1.29, 1.82) is 0 Å². The van der Waals surface area contributed by atoms with Crippen LogP contribution in [0.2, 0.25) is 0 Å². The van der Waals surface area contributed by atoms with E-state index in [1.165, 1.54) is 12.3 Å². The zero-order valence-electron chi connectivity index (χ0n) is 12.7. The van der Waals surface area contributed by atoms with E-state index in [-0.39, 0.29) is 12.3 Å². The standard InChI is InChI=1S/C14H18N3O3S2/c1-4-20-13(19)5-11-6-16-14(15,22-11)12(18)7-17-8-21-10(3)9(17)2/h5-6,8H,4,7,15H2,1-3H3/q+1. The Labute approximate surface area is 137 Å². The maximum absolute atomic E-state index is 12.4. The van der Waals surface area contributed by atoms with Crippen molar-refractivity contribution in [2.45, 2.75) is 32.3 Å². The highest BCUT2D eigenvalue weighted by atomic mass is 32.2. The number of thiazole rings is 1.